The van der Waals surface area contributed by atoms with Crippen LogP contribution >= 0.6 is 0 Å². The number of aliphatic hydroxyl groups is 1. The number of rotatable bonds is 7. The number of amides is 2. The number of hydrogen-bond donors (Lipinski definition) is 1. The van der Waals surface area contributed by atoms with Crippen LogP contribution in [0.25, 0.3) is 5.73 Å². The molecule has 5 nitrogen and oxygen atoms in total. The molecule has 1 heterocycles. The molecule has 0 radical (unpaired) electrons. The minimum atomic E-state index is -0.752. The summed E-state index contributed by atoms with van der Waals surface area (Å²) in [5, 5.41) is 9.71. The van der Waals surface area contributed by atoms with Gasteiger partial charge in [0.2, 0.25) is 0 Å². The van der Waals surface area contributed by atoms with Crippen molar-refractivity contribution in [2.24, 2.45) is 0 Å². The molecule has 0 aromatic rings. The molecular formula is C18H32N2O3W. The summed E-state index contributed by atoms with van der Waals surface area (Å²) in [4.78, 5) is 22.3. The van der Waals surface area contributed by atoms with Crippen LogP contribution in [0.15, 0.2) is 24.3 Å². The van der Waals surface area contributed by atoms with Crippen LogP contribution in [0.1, 0.15) is 53.4 Å². The van der Waals surface area contributed by atoms with E-state index in [9.17, 15) is 14.7 Å². The van der Waals surface area contributed by atoms with Crippen LogP contribution in [0, 0.1) is 6.92 Å². The second kappa shape index (κ2) is 17.1. The molecule has 6 heteroatoms. The first-order valence-corrected chi connectivity index (χ1v) is 8.28. The fourth-order valence-electron chi connectivity index (χ4n) is 1.68. The van der Waals surface area contributed by atoms with Crippen LogP contribution < -0.4 is 0 Å². The van der Waals surface area contributed by atoms with Crippen LogP contribution in [-0.4, -0.2) is 40.5 Å². The molecule has 24 heavy (non-hydrogen) atoms. The van der Waals surface area contributed by atoms with Gasteiger partial charge in [-0.05, 0) is 25.7 Å². The van der Waals surface area contributed by atoms with E-state index in [1.807, 2.05) is 20.8 Å². The van der Waals surface area contributed by atoms with Gasteiger partial charge in [0.15, 0.2) is 0 Å². The Labute approximate surface area is 161 Å². The molecule has 2 amide bonds. The third-order valence-electron chi connectivity index (χ3n) is 3.29. The van der Waals surface area contributed by atoms with Crippen LogP contribution in [0.4, 0.5) is 0 Å². The molecule has 0 saturated heterocycles. The van der Waals surface area contributed by atoms with Crippen LogP contribution in [-0.2, 0) is 30.7 Å². The molecule has 0 aromatic carbocycles. The molecule has 1 unspecified atom stereocenters. The summed E-state index contributed by atoms with van der Waals surface area (Å²) in [5.41, 5.74) is 6.41. The molecule has 0 spiro atoms. The number of nitrogens with one attached hydrogen (secondary N) is 1. The number of carbonyl (C=O) groups excluding carboxylic acids is 2. The summed E-state index contributed by atoms with van der Waals surface area (Å²) < 4.78 is 0. The van der Waals surface area contributed by atoms with E-state index in [1.165, 1.54) is 12.2 Å². The predicted molar refractivity (Wildman–Crippen MR) is 95.7 cm³/mol. The zero-order chi connectivity index (χ0) is 18.3. The number of carbonyl (C=O) groups is 2. The molecule has 0 aromatic heterocycles. The van der Waals surface area contributed by atoms with E-state index in [0.717, 1.165) is 17.7 Å². The van der Waals surface area contributed by atoms with Gasteiger partial charge in [0.05, 0.1) is 0 Å². The molecule has 1 atom stereocenters. The molecule has 0 aliphatic carbocycles. The van der Waals surface area contributed by atoms with E-state index in [1.54, 1.807) is 0 Å². The van der Waals surface area contributed by atoms with Crippen molar-refractivity contribution in [3.8, 4) is 0 Å². The molecule has 138 valence electrons. The van der Waals surface area contributed by atoms with Crippen molar-refractivity contribution in [3.05, 3.63) is 37.0 Å². The monoisotopic (exact) mass is 508 g/mol. The van der Waals surface area contributed by atoms with Gasteiger partial charge >= 0.3 is 21.1 Å². The Balaban J connectivity index is -0.000000328. The predicted octanol–water partition coefficient (Wildman–Crippen LogP) is 3.70. The molecule has 1 rings (SSSR count). The first kappa shape index (κ1) is 28.0. The van der Waals surface area contributed by atoms with Crippen LogP contribution in [0.3, 0.4) is 0 Å². The van der Waals surface area contributed by atoms with Gasteiger partial charge < -0.3 is 22.7 Å². The minimum Gasteiger partial charge on any atom is -0.675 e. The van der Waals surface area contributed by atoms with Crippen molar-refractivity contribution < 1.29 is 35.8 Å². The van der Waals surface area contributed by atoms with Crippen molar-refractivity contribution in [2.75, 3.05) is 13.1 Å². The number of nitrogens with zero attached hydrogens (tertiary/aromatic N) is 1. The van der Waals surface area contributed by atoms with Crippen molar-refractivity contribution in [2.45, 2.75) is 59.0 Å². The van der Waals surface area contributed by atoms with Gasteiger partial charge in [0.25, 0.3) is 11.8 Å². The largest absolute Gasteiger partial charge is 2.00 e. The van der Waals surface area contributed by atoms with Crippen molar-refractivity contribution in [1.29, 1.82) is 0 Å². The SMILES string of the molecule is CC.CC/C=C/CCC(O)(CC)C[NH-].[CH2-]CN1C(=O)C=CC1=O.[W+2]. The Morgan fingerprint density at radius 3 is 2.00 bits per heavy atom. The fourth-order valence-corrected chi connectivity index (χ4v) is 1.68. The van der Waals surface area contributed by atoms with Crippen molar-refractivity contribution >= 4 is 11.8 Å². The Kier molecular flexibility index (Phi) is 19.9. The van der Waals surface area contributed by atoms with Crippen LogP contribution in [0.5, 0.6) is 0 Å². The molecule has 1 aliphatic heterocycles. The average Bonchev–Trinajstić information content (AvgIpc) is 2.92. The fraction of sp³-hybridized carbons (Fsp3) is 0.611. The van der Waals surface area contributed by atoms with E-state index in [4.69, 9.17) is 5.73 Å². The zero-order valence-corrected chi connectivity index (χ0v) is 18.3. The molecule has 0 saturated carbocycles. The first-order valence-electron chi connectivity index (χ1n) is 8.28. The maximum absolute atomic E-state index is 10.6. The molecule has 0 bridgehead atoms. The van der Waals surface area contributed by atoms with Crippen molar-refractivity contribution in [3.63, 3.8) is 0 Å². The summed E-state index contributed by atoms with van der Waals surface area (Å²) in [7, 11) is 0. The van der Waals surface area contributed by atoms with Gasteiger partial charge in [-0.25, -0.2) is 0 Å². The van der Waals surface area contributed by atoms with E-state index in [0.29, 0.717) is 12.8 Å². The summed E-state index contributed by atoms with van der Waals surface area (Å²) in [5.74, 6) is -0.537. The Hall–Kier alpha value is -0.772. The van der Waals surface area contributed by atoms with E-state index < -0.39 is 5.60 Å². The maximum atomic E-state index is 10.6. The van der Waals surface area contributed by atoms with Crippen molar-refractivity contribution in [1.82, 2.24) is 4.90 Å². The normalized spacial score (nSPS) is 15.2. The van der Waals surface area contributed by atoms with E-state index in [2.05, 4.69) is 26.0 Å². The second-order valence-electron chi connectivity index (χ2n) is 4.83. The summed E-state index contributed by atoms with van der Waals surface area (Å²) in [6.45, 7) is 11.8. The maximum Gasteiger partial charge on any atom is 2.00 e. The third kappa shape index (κ3) is 11.7. The summed E-state index contributed by atoms with van der Waals surface area (Å²) in [6.07, 6.45) is 9.99. The number of hydrogen-bond acceptors (Lipinski definition) is 3. The smallest absolute Gasteiger partial charge is 0.675 e. The minimum absolute atomic E-state index is 0. The topological polar surface area (TPSA) is 81.4 Å². The Bertz CT molecular complexity index is 374. The van der Waals surface area contributed by atoms with E-state index >= 15 is 0 Å². The summed E-state index contributed by atoms with van der Waals surface area (Å²) >= 11 is 0. The molecule has 1 aliphatic rings. The first-order chi connectivity index (χ1) is 10.9. The average molecular weight is 508 g/mol. The van der Waals surface area contributed by atoms with Gasteiger partial charge in [0.1, 0.15) is 0 Å². The van der Waals surface area contributed by atoms with Gasteiger partial charge in [-0.3, -0.25) is 9.59 Å². The second-order valence-corrected chi connectivity index (χ2v) is 4.83. The Morgan fingerprint density at radius 2 is 1.71 bits per heavy atom. The van der Waals surface area contributed by atoms with E-state index in [-0.39, 0.29) is 46.0 Å². The number of allylic oxidation sites excluding steroid dienone is 2. The van der Waals surface area contributed by atoms with Gasteiger partial charge in [-0.2, -0.15) is 0 Å². The molecule has 0 fully saturated rings. The van der Waals surface area contributed by atoms with Crippen LogP contribution in [0.2, 0.25) is 0 Å². The molecular weight excluding hydrogens is 476 g/mol. The zero-order valence-electron chi connectivity index (χ0n) is 15.4. The Morgan fingerprint density at radius 1 is 1.21 bits per heavy atom. The van der Waals surface area contributed by atoms with Gasteiger partial charge in [-0.15, -0.1) is 6.54 Å². The van der Waals surface area contributed by atoms with Gasteiger partial charge in [-0.1, -0.05) is 46.4 Å². The quantitative estimate of drug-likeness (QED) is 0.324. The number of imide groups is 1. The van der Waals surface area contributed by atoms with Gasteiger partial charge in [0, 0.05) is 17.8 Å². The molecule has 2 N–H and O–H groups in total. The third-order valence-corrected chi connectivity index (χ3v) is 3.29. The summed E-state index contributed by atoms with van der Waals surface area (Å²) in [6, 6.07) is 0. The standard InChI is InChI=1S/C10H20NO.C6H6NO2.C2H6.W/c1-3-5-6-7-8-10(12,4-2)9-11;1-2-7-5(8)3-4-6(7)9;1-2;/h5-6,11-12H,3-4,7-9H2,1-2H3;3-4H,1-2H2;1-2H3;/q2*-1;;+2/b6-5+;;;.